The van der Waals surface area contributed by atoms with Crippen molar-refractivity contribution < 1.29 is 22.4 Å². The predicted molar refractivity (Wildman–Crippen MR) is 126 cm³/mol. The zero-order valence-electron chi connectivity index (χ0n) is 19.8. The van der Waals surface area contributed by atoms with Crippen molar-refractivity contribution in [3.05, 3.63) is 71.0 Å². The van der Waals surface area contributed by atoms with Crippen LogP contribution in [0, 0.1) is 5.82 Å². The lowest BCUT2D eigenvalue weighted by Crippen LogP contribution is -2.53. The Hall–Kier alpha value is -2.49. The van der Waals surface area contributed by atoms with Crippen LogP contribution >= 0.6 is 0 Å². The van der Waals surface area contributed by atoms with Gasteiger partial charge in [-0.2, -0.15) is 13.2 Å². The molecular weight excluding hydrogens is 460 g/mol. The van der Waals surface area contributed by atoms with Crippen LogP contribution in [-0.2, 0) is 23.9 Å². The third kappa shape index (κ3) is 7.02. The maximum atomic E-state index is 14.2. The van der Waals surface area contributed by atoms with E-state index in [1.807, 2.05) is 6.07 Å². The van der Waals surface area contributed by atoms with Crippen molar-refractivity contribution in [1.29, 1.82) is 0 Å². The molecule has 0 atom stereocenters. The Balaban J connectivity index is 1.19. The molecule has 2 fully saturated rings. The van der Waals surface area contributed by atoms with Crippen LogP contribution in [0.5, 0.6) is 0 Å². The molecule has 2 heterocycles. The first kappa shape index (κ1) is 25.6. The Morgan fingerprint density at radius 2 is 1.40 bits per heavy atom. The third-order valence-electron chi connectivity index (χ3n) is 6.91. The average Bonchev–Trinajstić information content (AvgIpc) is 2.85. The second-order valence-corrected chi connectivity index (χ2v) is 9.27. The van der Waals surface area contributed by atoms with Gasteiger partial charge in [0, 0.05) is 71.0 Å². The zero-order valence-corrected chi connectivity index (χ0v) is 19.8. The minimum atomic E-state index is -4.60. The van der Waals surface area contributed by atoms with Crippen molar-refractivity contribution in [3.63, 3.8) is 0 Å². The van der Waals surface area contributed by atoms with E-state index >= 15 is 0 Å². The van der Waals surface area contributed by atoms with Gasteiger partial charge < -0.3 is 9.80 Å². The van der Waals surface area contributed by atoms with Gasteiger partial charge in [-0.05, 0) is 24.1 Å². The number of piperazine rings is 2. The normalized spacial score (nSPS) is 18.7. The van der Waals surface area contributed by atoms with E-state index in [1.54, 1.807) is 9.80 Å². The molecule has 0 aliphatic carbocycles. The molecule has 2 aliphatic heterocycles. The maximum absolute atomic E-state index is 14.2. The summed E-state index contributed by atoms with van der Waals surface area (Å²) in [5, 5.41) is 0. The lowest BCUT2D eigenvalue weighted by atomic mass is 10.1. The van der Waals surface area contributed by atoms with Gasteiger partial charge in [-0.3, -0.25) is 14.6 Å². The first-order chi connectivity index (χ1) is 16.8. The molecule has 1 amide bonds. The van der Waals surface area contributed by atoms with Crippen molar-refractivity contribution in [2.24, 2.45) is 0 Å². The number of carbonyl (C=O) groups is 1. The van der Waals surface area contributed by atoms with Crippen molar-refractivity contribution in [2.45, 2.75) is 19.1 Å². The zero-order chi connectivity index (χ0) is 24.8. The molecule has 2 aromatic rings. The summed E-state index contributed by atoms with van der Waals surface area (Å²) in [5.74, 6) is -0.800. The van der Waals surface area contributed by atoms with Gasteiger partial charge in [0.15, 0.2) is 0 Å². The minimum Gasteiger partial charge on any atom is -0.339 e. The van der Waals surface area contributed by atoms with Crippen molar-refractivity contribution in [2.75, 3.05) is 65.4 Å². The molecule has 0 unspecified atom stereocenters. The first-order valence-corrected chi connectivity index (χ1v) is 12.1. The SMILES string of the molecule is O=C(CN1CCN(CCc2ccccc2)CC1)N1CCN(Cc2c(F)cccc2C(F)(F)F)CC1. The highest BCUT2D eigenvalue weighted by Gasteiger charge is 2.35. The Labute approximate surface area is 203 Å². The summed E-state index contributed by atoms with van der Waals surface area (Å²) in [6.45, 7) is 6.50. The molecule has 0 aromatic heterocycles. The summed E-state index contributed by atoms with van der Waals surface area (Å²) in [4.78, 5) is 20.9. The Kier molecular flexibility index (Phi) is 8.41. The summed E-state index contributed by atoms with van der Waals surface area (Å²) in [6, 6.07) is 13.5. The molecule has 5 nitrogen and oxygen atoms in total. The molecule has 35 heavy (non-hydrogen) atoms. The standard InChI is InChI=1S/C26H32F4N4O/c27-24-8-4-7-23(26(28,29)30)22(24)19-32-15-17-34(18-16-32)25(35)20-33-13-11-31(12-14-33)10-9-21-5-2-1-3-6-21/h1-8H,9-20H2. The van der Waals surface area contributed by atoms with E-state index in [4.69, 9.17) is 0 Å². The summed E-state index contributed by atoms with van der Waals surface area (Å²) >= 11 is 0. The van der Waals surface area contributed by atoms with Gasteiger partial charge in [0.1, 0.15) is 5.82 Å². The predicted octanol–water partition coefficient (Wildman–Crippen LogP) is 3.35. The van der Waals surface area contributed by atoms with Gasteiger partial charge in [0.25, 0.3) is 0 Å². The molecule has 2 aliphatic rings. The molecule has 0 bridgehead atoms. The van der Waals surface area contributed by atoms with Crippen LogP contribution in [0.2, 0.25) is 0 Å². The number of hydrogen-bond donors (Lipinski definition) is 0. The van der Waals surface area contributed by atoms with E-state index in [1.165, 1.54) is 5.56 Å². The first-order valence-electron chi connectivity index (χ1n) is 12.1. The smallest absolute Gasteiger partial charge is 0.339 e. The summed E-state index contributed by atoms with van der Waals surface area (Å²) < 4.78 is 54.0. The van der Waals surface area contributed by atoms with Crippen LogP contribution in [0.25, 0.3) is 0 Å². The highest BCUT2D eigenvalue weighted by atomic mass is 19.4. The highest BCUT2D eigenvalue weighted by Crippen LogP contribution is 2.33. The number of carbonyl (C=O) groups excluding carboxylic acids is 1. The number of amides is 1. The van der Waals surface area contributed by atoms with Crippen LogP contribution in [0.4, 0.5) is 17.6 Å². The quantitative estimate of drug-likeness (QED) is 0.555. The lowest BCUT2D eigenvalue weighted by molar-refractivity contribution is -0.138. The molecule has 0 N–H and O–H groups in total. The molecule has 4 rings (SSSR count). The van der Waals surface area contributed by atoms with E-state index in [0.29, 0.717) is 32.7 Å². The summed E-state index contributed by atoms with van der Waals surface area (Å²) in [6.07, 6.45) is -3.58. The lowest BCUT2D eigenvalue weighted by Gasteiger charge is -2.38. The van der Waals surface area contributed by atoms with E-state index < -0.39 is 17.6 Å². The van der Waals surface area contributed by atoms with Crippen LogP contribution in [0.3, 0.4) is 0 Å². The van der Waals surface area contributed by atoms with Crippen LogP contribution in [0.1, 0.15) is 16.7 Å². The fraction of sp³-hybridized carbons (Fsp3) is 0.500. The molecule has 190 valence electrons. The topological polar surface area (TPSA) is 30.0 Å². The van der Waals surface area contributed by atoms with Crippen LogP contribution < -0.4 is 0 Å². The largest absolute Gasteiger partial charge is 0.416 e. The number of benzene rings is 2. The molecular formula is C26H32F4N4O. The Morgan fingerprint density at radius 1 is 0.771 bits per heavy atom. The summed E-state index contributed by atoms with van der Waals surface area (Å²) in [7, 11) is 0. The molecule has 2 saturated heterocycles. The highest BCUT2D eigenvalue weighted by molar-refractivity contribution is 5.78. The third-order valence-corrected chi connectivity index (χ3v) is 6.91. The van der Waals surface area contributed by atoms with E-state index in [2.05, 4.69) is 34.1 Å². The van der Waals surface area contributed by atoms with Gasteiger partial charge in [-0.1, -0.05) is 36.4 Å². The van der Waals surface area contributed by atoms with Gasteiger partial charge in [0.2, 0.25) is 5.91 Å². The molecule has 9 heteroatoms. The molecule has 2 aromatic carbocycles. The Bertz CT molecular complexity index is 969. The fourth-order valence-corrected chi connectivity index (χ4v) is 4.76. The average molecular weight is 493 g/mol. The van der Waals surface area contributed by atoms with Crippen LogP contribution in [0.15, 0.2) is 48.5 Å². The van der Waals surface area contributed by atoms with Crippen molar-refractivity contribution >= 4 is 5.91 Å². The van der Waals surface area contributed by atoms with Gasteiger partial charge in [0.05, 0.1) is 12.1 Å². The van der Waals surface area contributed by atoms with Crippen LogP contribution in [-0.4, -0.2) is 91.0 Å². The number of nitrogens with zero attached hydrogens (tertiary/aromatic N) is 4. The van der Waals surface area contributed by atoms with Gasteiger partial charge in [-0.15, -0.1) is 0 Å². The van der Waals surface area contributed by atoms with E-state index in [9.17, 15) is 22.4 Å². The van der Waals surface area contributed by atoms with E-state index in [-0.39, 0.29) is 18.0 Å². The Morgan fingerprint density at radius 3 is 2.06 bits per heavy atom. The second kappa shape index (κ2) is 11.5. The second-order valence-electron chi connectivity index (χ2n) is 9.27. The maximum Gasteiger partial charge on any atom is 0.416 e. The summed E-state index contributed by atoms with van der Waals surface area (Å²) in [5.41, 5.74) is 0.0673. The van der Waals surface area contributed by atoms with Crippen molar-refractivity contribution in [3.8, 4) is 0 Å². The van der Waals surface area contributed by atoms with Crippen molar-refractivity contribution in [1.82, 2.24) is 19.6 Å². The fourth-order valence-electron chi connectivity index (χ4n) is 4.76. The monoisotopic (exact) mass is 492 g/mol. The molecule has 0 spiro atoms. The van der Waals surface area contributed by atoms with Gasteiger partial charge >= 0.3 is 6.18 Å². The number of alkyl halides is 3. The molecule has 0 saturated carbocycles. The minimum absolute atomic E-state index is 0.0456. The number of rotatable bonds is 7. The number of halogens is 4. The number of hydrogen-bond acceptors (Lipinski definition) is 4. The molecule has 0 radical (unpaired) electrons. The van der Waals surface area contributed by atoms with Gasteiger partial charge in [-0.25, -0.2) is 4.39 Å². The van der Waals surface area contributed by atoms with E-state index in [0.717, 1.165) is 57.3 Å².